The Morgan fingerprint density at radius 3 is 2.76 bits per heavy atom. The van der Waals surface area contributed by atoms with Crippen LogP contribution in [0, 0.1) is 6.92 Å². The normalized spacial score (nSPS) is 16.5. The number of aromatic nitrogens is 2. The van der Waals surface area contributed by atoms with E-state index in [1.165, 1.54) is 40.6 Å². The number of pyridine rings is 1. The Balaban J connectivity index is 1.30. The third-order valence-corrected chi connectivity index (χ3v) is 5.21. The van der Waals surface area contributed by atoms with Crippen LogP contribution in [0.2, 0.25) is 0 Å². The largest absolute Gasteiger partial charge is 0.359 e. The number of hydrogen-bond acceptors (Lipinski definition) is 3. The summed E-state index contributed by atoms with van der Waals surface area (Å²) in [6.45, 7) is 6.43. The van der Waals surface area contributed by atoms with Gasteiger partial charge in [0.15, 0.2) is 0 Å². The average molecular weight is 334 g/mol. The lowest BCUT2D eigenvalue weighted by atomic mass is 10.0. The number of piperidine rings is 1. The van der Waals surface area contributed by atoms with E-state index in [0.29, 0.717) is 6.04 Å². The first-order chi connectivity index (χ1) is 12.3. The van der Waals surface area contributed by atoms with Crippen molar-refractivity contribution in [2.24, 2.45) is 0 Å². The second kappa shape index (κ2) is 7.38. The second-order valence-electron chi connectivity index (χ2n) is 7.12. The fraction of sp³-hybridized carbons (Fsp3) is 0.381. The Bertz CT molecular complexity index is 816. The van der Waals surface area contributed by atoms with E-state index >= 15 is 0 Å². The van der Waals surface area contributed by atoms with Gasteiger partial charge in [-0.15, -0.1) is 0 Å². The molecule has 0 amide bonds. The van der Waals surface area contributed by atoms with Crippen LogP contribution in [0.25, 0.3) is 10.9 Å². The predicted octanol–water partition coefficient (Wildman–Crippen LogP) is 3.63. The van der Waals surface area contributed by atoms with Crippen LogP contribution in [0.15, 0.2) is 48.8 Å². The van der Waals surface area contributed by atoms with E-state index in [1.54, 1.807) is 0 Å². The Morgan fingerprint density at radius 2 is 1.96 bits per heavy atom. The molecule has 0 aliphatic carbocycles. The summed E-state index contributed by atoms with van der Waals surface area (Å²) in [6.07, 6.45) is 6.19. The van der Waals surface area contributed by atoms with Gasteiger partial charge in [-0.3, -0.25) is 9.88 Å². The number of aromatic amines is 1. The molecule has 1 saturated heterocycles. The van der Waals surface area contributed by atoms with Crippen LogP contribution in [0.1, 0.15) is 29.7 Å². The molecule has 0 atom stereocenters. The van der Waals surface area contributed by atoms with Gasteiger partial charge in [0, 0.05) is 48.1 Å². The van der Waals surface area contributed by atoms with Crippen molar-refractivity contribution in [2.45, 2.75) is 38.9 Å². The van der Waals surface area contributed by atoms with E-state index in [2.05, 4.69) is 63.5 Å². The number of nitrogens with zero attached hydrogens (tertiary/aromatic N) is 2. The molecule has 1 aromatic carbocycles. The van der Waals surface area contributed by atoms with Gasteiger partial charge in [-0.05, 0) is 68.2 Å². The molecule has 2 N–H and O–H groups in total. The lowest BCUT2D eigenvalue weighted by molar-refractivity contribution is 0.190. The highest BCUT2D eigenvalue weighted by atomic mass is 15.1. The summed E-state index contributed by atoms with van der Waals surface area (Å²) < 4.78 is 0. The average Bonchev–Trinajstić information content (AvgIpc) is 3.03. The summed E-state index contributed by atoms with van der Waals surface area (Å²) in [6, 6.07) is 13.6. The van der Waals surface area contributed by atoms with Crippen molar-refractivity contribution in [1.29, 1.82) is 0 Å². The summed E-state index contributed by atoms with van der Waals surface area (Å²) in [5, 5.41) is 5.12. The van der Waals surface area contributed by atoms with Crippen LogP contribution >= 0.6 is 0 Å². The number of fused-ring (bicyclic) bond motifs is 1. The summed E-state index contributed by atoms with van der Waals surface area (Å²) in [5.74, 6) is 0. The predicted molar refractivity (Wildman–Crippen MR) is 102 cm³/mol. The third kappa shape index (κ3) is 3.91. The minimum absolute atomic E-state index is 0.615. The van der Waals surface area contributed by atoms with Crippen LogP contribution in [0.4, 0.5) is 0 Å². The molecule has 0 bridgehead atoms. The first kappa shape index (κ1) is 16.3. The molecule has 1 aliphatic rings. The van der Waals surface area contributed by atoms with Gasteiger partial charge in [-0.2, -0.15) is 0 Å². The molecule has 2 aromatic heterocycles. The highest BCUT2D eigenvalue weighted by Gasteiger charge is 2.19. The van der Waals surface area contributed by atoms with Gasteiger partial charge >= 0.3 is 0 Å². The van der Waals surface area contributed by atoms with E-state index in [9.17, 15) is 0 Å². The quantitative estimate of drug-likeness (QED) is 0.749. The molecule has 4 nitrogen and oxygen atoms in total. The minimum Gasteiger partial charge on any atom is -0.359 e. The first-order valence-electron chi connectivity index (χ1n) is 9.20. The van der Waals surface area contributed by atoms with Gasteiger partial charge in [0.2, 0.25) is 0 Å². The maximum absolute atomic E-state index is 4.10. The van der Waals surface area contributed by atoms with E-state index in [4.69, 9.17) is 0 Å². The highest BCUT2D eigenvalue weighted by Crippen LogP contribution is 2.20. The summed E-state index contributed by atoms with van der Waals surface area (Å²) in [7, 11) is 0. The Labute approximate surface area is 149 Å². The number of benzene rings is 1. The summed E-state index contributed by atoms with van der Waals surface area (Å²) in [5.41, 5.74) is 5.22. The fourth-order valence-corrected chi connectivity index (χ4v) is 3.81. The van der Waals surface area contributed by atoms with Crippen LogP contribution in [-0.4, -0.2) is 34.0 Å². The van der Waals surface area contributed by atoms with Crippen molar-refractivity contribution in [3.63, 3.8) is 0 Å². The van der Waals surface area contributed by atoms with E-state index in [1.807, 2.05) is 12.4 Å². The topological polar surface area (TPSA) is 44.0 Å². The standard InChI is InChI=1S/C21H26N4/c1-16-13-20-18(3-2-4-21(20)24-16)14-23-19-7-11-25(12-8-19)15-17-5-9-22-10-6-17/h2-6,9-10,13,19,23-24H,7-8,11-12,14-15H2,1H3. The zero-order valence-electron chi connectivity index (χ0n) is 14.8. The molecule has 4 heteroatoms. The van der Waals surface area contributed by atoms with Crippen LogP contribution in [0.5, 0.6) is 0 Å². The molecule has 25 heavy (non-hydrogen) atoms. The number of H-pyrrole nitrogens is 1. The molecule has 3 heterocycles. The van der Waals surface area contributed by atoms with Gasteiger partial charge in [-0.1, -0.05) is 12.1 Å². The molecule has 0 radical (unpaired) electrons. The highest BCUT2D eigenvalue weighted by molar-refractivity contribution is 5.83. The minimum atomic E-state index is 0.615. The molecule has 0 saturated carbocycles. The van der Waals surface area contributed by atoms with Crippen LogP contribution in [-0.2, 0) is 13.1 Å². The Hall–Kier alpha value is -2.17. The number of hydrogen-bond donors (Lipinski definition) is 2. The van der Waals surface area contributed by atoms with E-state index in [0.717, 1.165) is 26.2 Å². The molecular weight excluding hydrogens is 308 g/mol. The molecule has 3 aromatic rings. The SMILES string of the molecule is Cc1cc2c(CNC3CCN(Cc4ccncc4)CC3)cccc2[nH]1. The number of nitrogens with one attached hydrogen (secondary N) is 2. The lowest BCUT2D eigenvalue weighted by Gasteiger charge is -2.32. The number of aryl methyl sites for hydroxylation is 1. The maximum Gasteiger partial charge on any atom is 0.0459 e. The summed E-state index contributed by atoms with van der Waals surface area (Å²) >= 11 is 0. The third-order valence-electron chi connectivity index (χ3n) is 5.21. The van der Waals surface area contributed by atoms with Crippen molar-refractivity contribution in [3.05, 3.63) is 65.6 Å². The lowest BCUT2D eigenvalue weighted by Crippen LogP contribution is -2.41. The van der Waals surface area contributed by atoms with Gasteiger partial charge < -0.3 is 10.3 Å². The second-order valence-corrected chi connectivity index (χ2v) is 7.12. The van der Waals surface area contributed by atoms with E-state index < -0.39 is 0 Å². The maximum atomic E-state index is 4.10. The Kier molecular flexibility index (Phi) is 4.81. The molecule has 130 valence electrons. The van der Waals surface area contributed by atoms with Crippen molar-refractivity contribution < 1.29 is 0 Å². The van der Waals surface area contributed by atoms with Crippen molar-refractivity contribution in [2.75, 3.05) is 13.1 Å². The van der Waals surface area contributed by atoms with Crippen molar-refractivity contribution >= 4 is 10.9 Å². The fourth-order valence-electron chi connectivity index (χ4n) is 3.81. The molecule has 0 unspecified atom stereocenters. The van der Waals surface area contributed by atoms with Gasteiger partial charge in [-0.25, -0.2) is 0 Å². The molecule has 4 rings (SSSR count). The smallest absolute Gasteiger partial charge is 0.0459 e. The van der Waals surface area contributed by atoms with Gasteiger partial charge in [0.1, 0.15) is 0 Å². The number of likely N-dealkylation sites (tertiary alicyclic amines) is 1. The zero-order chi connectivity index (χ0) is 17.1. The molecule has 1 aliphatic heterocycles. The Morgan fingerprint density at radius 1 is 1.16 bits per heavy atom. The van der Waals surface area contributed by atoms with Gasteiger partial charge in [0.05, 0.1) is 0 Å². The van der Waals surface area contributed by atoms with Crippen molar-refractivity contribution in [1.82, 2.24) is 20.2 Å². The summed E-state index contributed by atoms with van der Waals surface area (Å²) in [4.78, 5) is 10.1. The molecule has 0 spiro atoms. The molecular formula is C21H26N4. The van der Waals surface area contributed by atoms with E-state index in [-0.39, 0.29) is 0 Å². The zero-order valence-corrected chi connectivity index (χ0v) is 14.8. The van der Waals surface area contributed by atoms with Crippen LogP contribution < -0.4 is 5.32 Å². The first-order valence-corrected chi connectivity index (χ1v) is 9.20. The van der Waals surface area contributed by atoms with Gasteiger partial charge in [0.25, 0.3) is 0 Å². The molecule has 1 fully saturated rings. The van der Waals surface area contributed by atoms with Crippen LogP contribution in [0.3, 0.4) is 0 Å². The number of rotatable bonds is 5. The van der Waals surface area contributed by atoms with Crippen molar-refractivity contribution in [3.8, 4) is 0 Å². The monoisotopic (exact) mass is 334 g/mol.